The Morgan fingerprint density at radius 3 is 2.35 bits per heavy atom. The van der Waals surface area contributed by atoms with Crippen LogP contribution in [0.15, 0.2) is 0 Å². The van der Waals surface area contributed by atoms with Gasteiger partial charge in [-0.25, -0.2) is 0 Å². The number of nitrogens with one attached hydrogen (secondary N) is 1. The monoisotopic (exact) mass is 244 g/mol. The van der Waals surface area contributed by atoms with Crippen molar-refractivity contribution < 1.29 is 14.7 Å². The van der Waals surface area contributed by atoms with Crippen molar-refractivity contribution in [2.45, 2.75) is 46.1 Å². The van der Waals surface area contributed by atoms with Gasteiger partial charge in [0.25, 0.3) is 0 Å². The number of nitrogens with two attached hydrogens (primary N) is 1. The van der Waals surface area contributed by atoms with E-state index in [2.05, 4.69) is 19.2 Å². The van der Waals surface area contributed by atoms with Gasteiger partial charge in [0.15, 0.2) is 0 Å². The number of amides is 1. The molecule has 0 saturated carbocycles. The van der Waals surface area contributed by atoms with Gasteiger partial charge in [-0.3, -0.25) is 9.59 Å². The van der Waals surface area contributed by atoms with Gasteiger partial charge in [-0.2, -0.15) is 0 Å². The molecule has 4 N–H and O–H groups in total. The summed E-state index contributed by atoms with van der Waals surface area (Å²) in [6.45, 7) is 6.15. The average molecular weight is 244 g/mol. The van der Waals surface area contributed by atoms with Crippen LogP contribution < -0.4 is 11.1 Å². The summed E-state index contributed by atoms with van der Waals surface area (Å²) in [6.07, 6.45) is 1.91. The average Bonchev–Trinajstić information content (AvgIpc) is 2.24. The van der Waals surface area contributed by atoms with Crippen molar-refractivity contribution in [3.8, 4) is 0 Å². The van der Waals surface area contributed by atoms with Crippen LogP contribution in [-0.4, -0.2) is 29.6 Å². The normalized spacial score (nSPS) is 16.0. The lowest BCUT2D eigenvalue weighted by molar-refractivity contribution is -0.138. The van der Waals surface area contributed by atoms with E-state index in [9.17, 15) is 9.59 Å². The summed E-state index contributed by atoms with van der Waals surface area (Å²) in [7, 11) is 0. The van der Waals surface area contributed by atoms with Gasteiger partial charge in [0.1, 0.15) is 0 Å². The van der Waals surface area contributed by atoms with E-state index in [0.29, 0.717) is 12.5 Å². The lowest BCUT2D eigenvalue weighted by atomic mass is 9.91. The van der Waals surface area contributed by atoms with E-state index in [1.165, 1.54) is 0 Å². The molecule has 17 heavy (non-hydrogen) atoms. The van der Waals surface area contributed by atoms with E-state index < -0.39 is 12.0 Å². The molecule has 2 unspecified atom stereocenters. The SMILES string of the molecule is CCC(C)CC(CNC(=O)[C@H](C)N)CC(=O)O. The van der Waals surface area contributed by atoms with Gasteiger partial charge in [-0.05, 0) is 25.2 Å². The first-order valence-electron chi connectivity index (χ1n) is 6.11. The highest BCUT2D eigenvalue weighted by Crippen LogP contribution is 2.17. The molecule has 0 saturated heterocycles. The van der Waals surface area contributed by atoms with Crippen LogP contribution in [0.3, 0.4) is 0 Å². The molecular formula is C12H24N2O3. The molecule has 0 aliphatic carbocycles. The third-order valence-corrected chi connectivity index (χ3v) is 2.87. The molecule has 0 bridgehead atoms. The molecular weight excluding hydrogens is 220 g/mol. The van der Waals surface area contributed by atoms with Crippen molar-refractivity contribution in [1.82, 2.24) is 5.32 Å². The summed E-state index contributed by atoms with van der Waals surface area (Å²) < 4.78 is 0. The number of carboxylic acid groups (broad SMARTS) is 1. The number of hydrogen-bond donors (Lipinski definition) is 3. The van der Waals surface area contributed by atoms with E-state index in [1.54, 1.807) is 6.92 Å². The Morgan fingerprint density at radius 2 is 1.94 bits per heavy atom. The van der Waals surface area contributed by atoms with Gasteiger partial charge >= 0.3 is 5.97 Å². The highest BCUT2D eigenvalue weighted by Gasteiger charge is 2.17. The fourth-order valence-corrected chi connectivity index (χ4v) is 1.63. The number of carbonyl (C=O) groups is 2. The molecule has 0 aliphatic heterocycles. The van der Waals surface area contributed by atoms with Crippen molar-refractivity contribution in [2.75, 3.05) is 6.54 Å². The van der Waals surface area contributed by atoms with Crippen molar-refractivity contribution in [3.05, 3.63) is 0 Å². The van der Waals surface area contributed by atoms with Crippen LogP contribution in [0.4, 0.5) is 0 Å². The molecule has 5 heteroatoms. The number of aliphatic carboxylic acids is 1. The number of carboxylic acids is 1. The molecule has 0 fully saturated rings. The predicted octanol–water partition coefficient (Wildman–Crippen LogP) is 0.977. The summed E-state index contributed by atoms with van der Waals surface area (Å²) in [5.41, 5.74) is 5.42. The van der Waals surface area contributed by atoms with Gasteiger partial charge in [-0.1, -0.05) is 20.3 Å². The second kappa shape index (κ2) is 8.06. The van der Waals surface area contributed by atoms with Crippen molar-refractivity contribution in [2.24, 2.45) is 17.6 Å². The summed E-state index contributed by atoms with van der Waals surface area (Å²) in [5, 5.41) is 11.5. The Labute approximate surface area is 103 Å². The Bertz CT molecular complexity index is 254. The first-order valence-corrected chi connectivity index (χ1v) is 6.11. The van der Waals surface area contributed by atoms with Crippen LogP contribution in [0, 0.1) is 11.8 Å². The highest BCUT2D eigenvalue weighted by atomic mass is 16.4. The smallest absolute Gasteiger partial charge is 0.303 e. The molecule has 5 nitrogen and oxygen atoms in total. The molecule has 3 atom stereocenters. The summed E-state index contributed by atoms with van der Waals surface area (Å²) >= 11 is 0. The standard InChI is InChI=1S/C12H24N2O3/c1-4-8(2)5-10(6-11(15)16)7-14-12(17)9(3)13/h8-10H,4-7,13H2,1-3H3,(H,14,17)(H,15,16)/t8?,9-,10?/m0/s1. The minimum absolute atomic E-state index is 0.0230. The topological polar surface area (TPSA) is 92.4 Å². The largest absolute Gasteiger partial charge is 0.481 e. The maximum atomic E-state index is 11.3. The quantitative estimate of drug-likeness (QED) is 0.593. The molecule has 100 valence electrons. The van der Waals surface area contributed by atoms with Gasteiger partial charge in [0.2, 0.25) is 5.91 Å². The van der Waals surface area contributed by atoms with Gasteiger partial charge < -0.3 is 16.2 Å². The molecule has 0 spiro atoms. The Kier molecular flexibility index (Phi) is 7.54. The van der Waals surface area contributed by atoms with Gasteiger partial charge in [0, 0.05) is 13.0 Å². The fourth-order valence-electron chi connectivity index (χ4n) is 1.63. The summed E-state index contributed by atoms with van der Waals surface area (Å²) in [6, 6.07) is -0.552. The summed E-state index contributed by atoms with van der Waals surface area (Å²) in [5.74, 6) is -0.616. The van der Waals surface area contributed by atoms with Crippen molar-refractivity contribution in [3.63, 3.8) is 0 Å². The van der Waals surface area contributed by atoms with Crippen LogP contribution in [0.2, 0.25) is 0 Å². The minimum atomic E-state index is -0.826. The Balaban J connectivity index is 4.19. The molecule has 1 amide bonds. The maximum Gasteiger partial charge on any atom is 0.303 e. The van der Waals surface area contributed by atoms with Crippen LogP contribution in [0.25, 0.3) is 0 Å². The predicted molar refractivity (Wildman–Crippen MR) is 66.5 cm³/mol. The zero-order chi connectivity index (χ0) is 13.4. The Hall–Kier alpha value is -1.10. The maximum absolute atomic E-state index is 11.3. The van der Waals surface area contributed by atoms with E-state index in [-0.39, 0.29) is 18.2 Å². The minimum Gasteiger partial charge on any atom is -0.481 e. The molecule has 0 aromatic carbocycles. The summed E-state index contributed by atoms with van der Waals surface area (Å²) in [4.78, 5) is 22.0. The number of hydrogen-bond acceptors (Lipinski definition) is 3. The molecule has 0 aromatic rings. The van der Waals surface area contributed by atoms with Crippen LogP contribution in [0.5, 0.6) is 0 Å². The van der Waals surface area contributed by atoms with E-state index >= 15 is 0 Å². The molecule has 0 radical (unpaired) electrons. The van der Waals surface area contributed by atoms with Crippen LogP contribution >= 0.6 is 0 Å². The van der Waals surface area contributed by atoms with E-state index in [0.717, 1.165) is 12.8 Å². The first kappa shape index (κ1) is 15.9. The van der Waals surface area contributed by atoms with Crippen molar-refractivity contribution in [1.29, 1.82) is 0 Å². The fraction of sp³-hybridized carbons (Fsp3) is 0.833. The van der Waals surface area contributed by atoms with Crippen molar-refractivity contribution >= 4 is 11.9 Å². The van der Waals surface area contributed by atoms with Crippen LogP contribution in [0.1, 0.15) is 40.0 Å². The second-order valence-electron chi connectivity index (χ2n) is 4.75. The second-order valence-corrected chi connectivity index (χ2v) is 4.75. The lowest BCUT2D eigenvalue weighted by Gasteiger charge is -2.19. The lowest BCUT2D eigenvalue weighted by Crippen LogP contribution is -2.41. The first-order chi connectivity index (χ1) is 7.86. The van der Waals surface area contributed by atoms with Gasteiger partial charge in [-0.15, -0.1) is 0 Å². The molecule has 0 aromatic heterocycles. The number of rotatable bonds is 8. The Morgan fingerprint density at radius 1 is 1.35 bits per heavy atom. The molecule has 0 heterocycles. The third-order valence-electron chi connectivity index (χ3n) is 2.87. The van der Waals surface area contributed by atoms with Crippen LogP contribution in [-0.2, 0) is 9.59 Å². The zero-order valence-corrected chi connectivity index (χ0v) is 10.9. The van der Waals surface area contributed by atoms with Gasteiger partial charge in [0.05, 0.1) is 6.04 Å². The number of carbonyl (C=O) groups excluding carboxylic acids is 1. The third kappa shape index (κ3) is 7.74. The zero-order valence-electron chi connectivity index (χ0n) is 10.9. The van der Waals surface area contributed by atoms with E-state index in [4.69, 9.17) is 10.8 Å². The molecule has 0 rings (SSSR count). The highest BCUT2D eigenvalue weighted by molar-refractivity contribution is 5.81. The molecule has 0 aliphatic rings. The van der Waals surface area contributed by atoms with E-state index in [1.807, 2.05) is 0 Å².